The molecule has 8 heteroatoms. The number of halogens is 1. The summed E-state index contributed by atoms with van der Waals surface area (Å²) in [7, 11) is -3.44. The van der Waals surface area contributed by atoms with Gasteiger partial charge < -0.3 is 4.74 Å². The lowest BCUT2D eigenvalue weighted by molar-refractivity contribution is -0.0280. The van der Waals surface area contributed by atoms with Crippen molar-refractivity contribution in [2.24, 2.45) is 5.92 Å². The van der Waals surface area contributed by atoms with Crippen molar-refractivity contribution in [2.45, 2.75) is 24.2 Å². The molecule has 0 radical (unpaired) electrons. The Morgan fingerprint density at radius 1 is 1.52 bits per heavy atom. The highest BCUT2D eigenvalue weighted by atomic mass is 79.9. The van der Waals surface area contributed by atoms with Gasteiger partial charge in [0.1, 0.15) is 4.21 Å². The maximum atomic E-state index is 12.2. The number of thiophene rings is 1. The van der Waals surface area contributed by atoms with E-state index in [1.807, 2.05) is 0 Å². The summed E-state index contributed by atoms with van der Waals surface area (Å²) in [6.45, 7) is 8.04. The minimum absolute atomic E-state index is 0.0873. The molecule has 5 nitrogen and oxygen atoms in total. The summed E-state index contributed by atoms with van der Waals surface area (Å²) in [6, 6.07) is 3.34. The quantitative estimate of drug-likeness (QED) is 0.799. The first kappa shape index (κ1) is 17.4. The third kappa shape index (κ3) is 5.30. The minimum atomic E-state index is -3.44. The highest BCUT2D eigenvalue weighted by Crippen LogP contribution is 2.25. The van der Waals surface area contributed by atoms with Gasteiger partial charge in [-0.05, 0) is 34.0 Å². The van der Waals surface area contributed by atoms with E-state index in [0.29, 0.717) is 23.3 Å². The first-order valence-corrected chi connectivity index (χ1v) is 10.0. The van der Waals surface area contributed by atoms with Gasteiger partial charge in [-0.15, -0.1) is 11.3 Å². The number of morpholine rings is 1. The lowest BCUT2D eigenvalue weighted by Gasteiger charge is -2.33. The molecule has 0 aliphatic carbocycles. The fraction of sp³-hybridized carbons (Fsp3) is 0.692. The molecule has 1 N–H and O–H groups in total. The van der Waals surface area contributed by atoms with E-state index < -0.39 is 10.0 Å². The van der Waals surface area contributed by atoms with Crippen molar-refractivity contribution in [3.8, 4) is 0 Å². The van der Waals surface area contributed by atoms with Crippen molar-refractivity contribution in [1.82, 2.24) is 9.62 Å². The van der Waals surface area contributed by atoms with E-state index in [0.717, 1.165) is 23.4 Å². The molecule has 0 amide bonds. The molecule has 1 aromatic rings. The lowest BCUT2D eigenvalue weighted by atomic mass is 10.2. The second kappa shape index (κ2) is 7.52. The highest BCUT2D eigenvalue weighted by Gasteiger charge is 2.24. The summed E-state index contributed by atoms with van der Waals surface area (Å²) < 4.78 is 33.7. The van der Waals surface area contributed by atoms with E-state index in [-0.39, 0.29) is 6.10 Å². The molecule has 1 aliphatic rings. The molecule has 0 aromatic carbocycles. The van der Waals surface area contributed by atoms with Crippen molar-refractivity contribution in [1.29, 1.82) is 0 Å². The fourth-order valence-electron chi connectivity index (χ4n) is 2.30. The van der Waals surface area contributed by atoms with E-state index in [2.05, 4.69) is 39.4 Å². The van der Waals surface area contributed by atoms with Crippen LogP contribution in [0.5, 0.6) is 0 Å². The molecule has 21 heavy (non-hydrogen) atoms. The van der Waals surface area contributed by atoms with Gasteiger partial charge in [0.25, 0.3) is 0 Å². The average Bonchev–Trinajstić information content (AvgIpc) is 2.84. The predicted octanol–water partition coefficient (Wildman–Crippen LogP) is 2.15. The molecule has 0 spiro atoms. The zero-order valence-corrected chi connectivity index (χ0v) is 15.4. The minimum Gasteiger partial charge on any atom is -0.374 e. The zero-order chi connectivity index (χ0) is 15.5. The molecule has 120 valence electrons. The molecule has 1 fully saturated rings. The van der Waals surface area contributed by atoms with Gasteiger partial charge in [-0.3, -0.25) is 4.90 Å². The SMILES string of the molecule is CC(C)CN1CCOC(CNS(=O)(=O)c2ccc(Br)s2)C1. The Balaban J connectivity index is 1.87. The maximum Gasteiger partial charge on any atom is 0.250 e. The molecule has 2 heterocycles. The first-order valence-electron chi connectivity index (χ1n) is 6.96. The smallest absolute Gasteiger partial charge is 0.250 e. The van der Waals surface area contributed by atoms with Gasteiger partial charge >= 0.3 is 0 Å². The van der Waals surface area contributed by atoms with Crippen molar-refractivity contribution >= 4 is 37.3 Å². The van der Waals surface area contributed by atoms with Crippen LogP contribution < -0.4 is 4.72 Å². The summed E-state index contributed by atoms with van der Waals surface area (Å²) in [6.07, 6.45) is -0.0873. The second-order valence-electron chi connectivity index (χ2n) is 5.56. The summed E-state index contributed by atoms with van der Waals surface area (Å²) in [5.74, 6) is 0.601. The van der Waals surface area contributed by atoms with Crippen LogP contribution in [0.3, 0.4) is 0 Å². The van der Waals surface area contributed by atoms with Gasteiger partial charge in [0.05, 0.1) is 16.5 Å². The van der Waals surface area contributed by atoms with Crippen LogP contribution in [-0.4, -0.2) is 52.2 Å². The predicted molar refractivity (Wildman–Crippen MR) is 88.2 cm³/mol. The van der Waals surface area contributed by atoms with E-state index in [1.165, 1.54) is 11.3 Å². The largest absolute Gasteiger partial charge is 0.374 e. The van der Waals surface area contributed by atoms with E-state index in [4.69, 9.17) is 4.74 Å². The number of nitrogens with one attached hydrogen (secondary N) is 1. The summed E-state index contributed by atoms with van der Waals surface area (Å²) >= 11 is 4.48. The molecule has 1 aromatic heterocycles. The van der Waals surface area contributed by atoms with Crippen LogP contribution in [0, 0.1) is 5.92 Å². The number of hydrogen-bond acceptors (Lipinski definition) is 5. The number of rotatable bonds is 6. The summed E-state index contributed by atoms with van der Waals surface area (Å²) in [5.41, 5.74) is 0. The monoisotopic (exact) mass is 396 g/mol. The molecule has 1 unspecified atom stereocenters. The molecular weight excluding hydrogens is 376 g/mol. The topological polar surface area (TPSA) is 58.6 Å². The van der Waals surface area contributed by atoms with Crippen LogP contribution in [-0.2, 0) is 14.8 Å². The Morgan fingerprint density at radius 3 is 2.90 bits per heavy atom. The van der Waals surface area contributed by atoms with Crippen LogP contribution in [0.25, 0.3) is 0 Å². The van der Waals surface area contributed by atoms with Gasteiger partial charge in [0.15, 0.2) is 0 Å². The van der Waals surface area contributed by atoms with Gasteiger partial charge in [-0.2, -0.15) is 0 Å². The number of sulfonamides is 1. The fourth-order valence-corrected chi connectivity index (χ4v) is 5.42. The Bertz CT molecular complexity index is 560. The zero-order valence-electron chi connectivity index (χ0n) is 12.2. The van der Waals surface area contributed by atoms with Crippen LogP contribution in [0.1, 0.15) is 13.8 Å². The first-order chi connectivity index (χ1) is 9.87. The van der Waals surface area contributed by atoms with Crippen molar-refractivity contribution in [3.05, 3.63) is 15.9 Å². The van der Waals surface area contributed by atoms with E-state index in [1.54, 1.807) is 12.1 Å². The third-order valence-electron chi connectivity index (χ3n) is 3.16. The molecule has 1 aliphatic heterocycles. The average molecular weight is 397 g/mol. The van der Waals surface area contributed by atoms with E-state index in [9.17, 15) is 8.42 Å². The second-order valence-corrected chi connectivity index (χ2v) is 10.0. The molecule has 2 rings (SSSR count). The summed E-state index contributed by atoms with van der Waals surface area (Å²) in [4.78, 5) is 2.33. The lowest BCUT2D eigenvalue weighted by Crippen LogP contribution is -2.48. The van der Waals surface area contributed by atoms with Crippen LogP contribution >= 0.6 is 27.3 Å². The molecule has 1 saturated heterocycles. The Kier molecular flexibility index (Phi) is 6.22. The summed E-state index contributed by atoms with van der Waals surface area (Å²) in [5, 5.41) is 0. The molecule has 0 bridgehead atoms. The maximum absolute atomic E-state index is 12.2. The van der Waals surface area contributed by atoms with E-state index >= 15 is 0 Å². The van der Waals surface area contributed by atoms with Gasteiger partial charge in [-0.25, -0.2) is 13.1 Å². The van der Waals surface area contributed by atoms with Crippen LogP contribution in [0.15, 0.2) is 20.1 Å². The Hall–Kier alpha value is 0.01000. The number of nitrogens with zero attached hydrogens (tertiary/aromatic N) is 1. The van der Waals surface area contributed by atoms with Crippen molar-refractivity contribution < 1.29 is 13.2 Å². The Morgan fingerprint density at radius 2 is 2.29 bits per heavy atom. The van der Waals surface area contributed by atoms with Crippen molar-refractivity contribution in [3.63, 3.8) is 0 Å². The standard InChI is InChI=1S/C13H21BrN2O3S2/c1-10(2)8-16-5-6-19-11(9-16)7-15-21(17,18)13-4-3-12(14)20-13/h3-4,10-11,15H,5-9H2,1-2H3. The highest BCUT2D eigenvalue weighted by molar-refractivity contribution is 9.11. The van der Waals surface area contributed by atoms with Gasteiger partial charge in [-0.1, -0.05) is 13.8 Å². The number of ether oxygens (including phenoxy) is 1. The third-order valence-corrected chi connectivity index (χ3v) is 6.70. The Labute approximate surface area is 138 Å². The number of hydrogen-bond donors (Lipinski definition) is 1. The van der Waals surface area contributed by atoms with Gasteiger partial charge in [0, 0.05) is 26.2 Å². The molecular formula is C13H21BrN2O3S2. The molecule has 0 saturated carbocycles. The molecule has 1 atom stereocenters. The van der Waals surface area contributed by atoms with Crippen molar-refractivity contribution in [2.75, 3.05) is 32.8 Å². The normalized spacial score (nSPS) is 21.0. The van der Waals surface area contributed by atoms with Gasteiger partial charge in [0.2, 0.25) is 10.0 Å². The van der Waals surface area contributed by atoms with Crippen LogP contribution in [0.4, 0.5) is 0 Å². The van der Waals surface area contributed by atoms with Crippen LogP contribution in [0.2, 0.25) is 0 Å².